The molecular weight excluding hydrogens is 248 g/mol. The van der Waals surface area contributed by atoms with Gasteiger partial charge < -0.3 is 10.6 Å². The molecule has 2 aliphatic rings. The van der Waals surface area contributed by atoms with Gasteiger partial charge in [0.2, 0.25) is 5.91 Å². The van der Waals surface area contributed by atoms with Crippen LogP contribution in [0.1, 0.15) is 55.7 Å². The highest BCUT2D eigenvalue weighted by molar-refractivity contribution is 5.95. The Morgan fingerprint density at radius 2 is 1.95 bits per heavy atom. The number of hydrogen-bond acceptors (Lipinski definition) is 2. The van der Waals surface area contributed by atoms with E-state index in [4.69, 9.17) is 5.73 Å². The van der Waals surface area contributed by atoms with Crippen molar-refractivity contribution in [3.63, 3.8) is 0 Å². The summed E-state index contributed by atoms with van der Waals surface area (Å²) >= 11 is 0. The maximum atomic E-state index is 11.7. The van der Waals surface area contributed by atoms with E-state index in [1.807, 2.05) is 7.05 Å². The summed E-state index contributed by atoms with van der Waals surface area (Å²) in [4.78, 5) is 13.5. The molecule has 108 valence electrons. The normalized spacial score (nSPS) is 21.7. The van der Waals surface area contributed by atoms with Crippen LogP contribution in [0.5, 0.6) is 0 Å². The minimum absolute atomic E-state index is 0.156. The Bertz CT molecular complexity index is 506. The molecule has 1 saturated carbocycles. The summed E-state index contributed by atoms with van der Waals surface area (Å²) < 4.78 is 0. The molecule has 1 atom stereocenters. The molecule has 0 bridgehead atoms. The van der Waals surface area contributed by atoms with Crippen molar-refractivity contribution < 1.29 is 4.79 Å². The zero-order chi connectivity index (χ0) is 14.1. The van der Waals surface area contributed by atoms with Crippen LogP contribution in [0.4, 0.5) is 5.69 Å². The summed E-state index contributed by atoms with van der Waals surface area (Å²) in [6.45, 7) is 0. The first-order valence-electron chi connectivity index (χ1n) is 7.82. The monoisotopic (exact) mass is 272 g/mol. The first-order chi connectivity index (χ1) is 9.66. The Kier molecular flexibility index (Phi) is 3.79. The van der Waals surface area contributed by atoms with E-state index < -0.39 is 0 Å². The van der Waals surface area contributed by atoms with Crippen molar-refractivity contribution in [2.45, 2.75) is 51.0 Å². The van der Waals surface area contributed by atoms with Crippen molar-refractivity contribution in [3.05, 3.63) is 29.3 Å². The second kappa shape index (κ2) is 5.57. The number of benzene rings is 1. The van der Waals surface area contributed by atoms with E-state index in [9.17, 15) is 4.79 Å². The van der Waals surface area contributed by atoms with Crippen LogP contribution in [0.25, 0.3) is 0 Å². The molecule has 1 aromatic rings. The molecule has 0 spiro atoms. The number of amides is 1. The van der Waals surface area contributed by atoms with Crippen molar-refractivity contribution in [1.29, 1.82) is 0 Å². The molecular formula is C17H24N2O. The summed E-state index contributed by atoms with van der Waals surface area (Å²) in [5, 5.41) is 0. The van der Waals surface area contributed by atoms with Crippen molar-refractivity contribution in [2.75, 3.05) is 11.9 Å². The number of nitrogens with two attached hydrogens (primary N) is 1. The van der Waals surface area contributed by atoms with E-state index in [2.05, 4.69) is 18.2 Å². The smallest absolute Gasteiger partial charge is 0.227 e. The van der Waals surface area contributed by atoms with Gasteiger partial charge in [0.05, 0.1) is 0 Å². The molecule has 1 aliphatic heterocycles. The maximum Gasteiger partial charge on any atom is 0.227 e. The largest absolute Gasteiger partial charge is 0.324 e. The van der Waals surface area contributed by atoms with Gasteiger partial charge in [-0.05, 0) is 42.4 Å². The van der Waals surface area contributed by atoms with Crippen LogP contribution in [-0.2, 0) is 11.2 Å². The molecule has 1 fully saturated rings. The van der Waals surface area contributed by atoms with Gasteiger partial charge >= 0.3 is 0 Å². The molecule has 0 aromatic heterocycles. The van der Waals surface area contributed by atoms with Gasteiger partial charge in [0.1, 0.15) is 0 Å². The van der Waals surface area contributed by atoms with Crippen LogP contribution in [-0.4, -0.2) is 13.0 Å². The third kappa shape index (κ3) is 2.47. The first-order valence-corrected chi connectivity index (χ1v) is 7.82. The number of carbonyl (C=O) groups excluding carboxylic acids is 1. The van der Waals surface area contributed by atoms with E-state index in [1.54, 1.807) is 4.90 Å². The van der Waals surface area contributed by atoms with Gasteiger partial charge in [0.15, 0.2) is 0 Å². The fraction of sp³-hybridized carbons (Fsp3) is 0.588. The Balaban J connectivity index is 1.83. The van der Waals surface area contributed by atoms with Crippen molar-refractivity contribution in [2.24, 2.45) is 11.7 Å². The van der Waals surface area contributed by atoms with Crippen LogP contribution in [0.3, 0.4) is 0 Å². The molecule has 1 unspecified atom stereocenters. The lowest BCUT2D eigenvalue weighted by Gasteiger charge is -2.30. The average molecular weight is 272 g/mol. The zero-order valence-electron chi connectivity index (χ0n) is 12.3. The van der Waals surface area contributed by atoms with Crippen LogP contribution in [0.2, 0.25) is 0 Å². The van der Waals surface area contributed by atoms with E-state index >= 15 is 0 Å². The molecule has 0 radical (unpaired) electrons. The molecule has 3 heteroatoms. The molecule has 2 N–H and O–H groups in total. The van der Waals surface area contributed by atoms with Crippen LogP contribution in [0, 0.1) is 5.92 Å². The van der Waals surface area contributed by atoms with Gasteiger partial charge in [-0.1, -0.05) is 31.4 Å². The van der Waals surface area contributed by atoms with E-state index in [1.165, 1.54) is 43.2 Å². The van der Waals surface area contributed by atoms with Crippen molar-refractivity contribution >= 4 is 11.6 Å². The predicted molar refractivity (Wildman–Crippen MR) is 81.7 cm³/mol. The third-order valence-electron chi connectivity index (χ3n) is 4.99. The fourth-order valence-corrected chi connectivity index (χ4v) is 3.65. The highest BCUT2D eigenvalue weighted by Gasteiger charge is 2.25. The lowest BCUT2D eigenvalue weighted by atomic mass is 9.81. The van der Waals surface area contributed by atoms with Crippen molar-refractivity contribution in [3.8, 4) is 0 Å². The van der Waals surface area contributed by atoms with Gasteiger partial charge in [-0.2, -0.15) is 0 Å². The molecule has 0 saturated heterocycles. The molecule has 3 nitrogen and oxygen atoms in total. The fourth-order valence-electron chi connectivity index (χ4n) is 3.65. The summed E-state index contributed by atoms with van der Waals surface area (Å²) in [7, 11) is 1.86. The summed E-state index contributed by atoms with van der Waals surface area (Å²) in [6, 6.07) is 6.58. The number of nitrogens with zero attached hydrogens (tertiary/aromatic N) is 1. The lowest BCUT2D eigenvalue weighted by Crippen LogP contribution is -2.31. The SMILES string of the molecule is CN1C(=O)CCc2cc(C(N)C3CCCCC3)ccc21. The third-order valence-corrected chi connectivity index (χ3v) is 4.99. The minimum atomic E-state index is 0.156. The molecule has 3 rings (SSSR count). The summed E-state index contributed by atoms with van der Waals surface area (Å²) in [5.41, 5.74) is 10.1. The summed E-state index contributed by atoms with van der Waals surface area (Å²) in [5.74, 6) is 0.839. The van der Waals surface area contributed by atoms with Gasteiger partial charge in [-0.15, -0.1) is 0 Å². The standard InChI is InChI=1S/C17H24N2O/c1-19-15-9-7-14(11-13(15)8-10-16(19)20)17(18)12-5-3-2-4-6-12/h7,9,11-12,17H,2-6,8,10,18H2,1H3. The highest BCUT2D eigenvalue weighted by Crippen LogP contribution is 2.35. The number of hydrogen-bond donors (Lipinski definition) is 1. The van der Waals surface area contributed by atoms with Crippen LogP contribution in [0.15, 0.2) is 18.2 Å². The quantitative estimate of drug-likeness (QED) is 0.898. The second-order valence-corrected chi connectivity index (χ2v) is 6.26. The lowest BCUT2D eigenvalue weighted by molar-refractivity contribution is -0.118. The predicted octanol–water partition coefficient (Wildman–Crippen LogP) is 3.18. The maximum absolute atomic E-state index is 11.7. The molecule has 20 heavy (non-hydrogen) atoms. The molecule has 1 amide bonds. The Labute approximate surface area is 121 Å². The number of fused-ring (bicyclic) bond motifs is 1. The second-order valence-electron chi connectivity index (χ2n) is 6.26. The number of carbonyl (C=O) groups is 1. The minimum Gasteiger partial charge on any atom is -0.324 e. The highest BCUT2D eigenvalue weighted by atomic mass is 16.2. The molecule has 1 aliphatic carbocycles. The topological polar surface area (TPSA) is 46.3 Å². The van der Waals surface area contributed by atoms with Crippen molar-refractivity contribution in [1.82, 2.24) is 0 Å². The first kappa shape index (κ1) is 13.6. The Morgan fingerprint density at radius 3 is 2.70 bits per heavy atom. The van der Waals surface area contributed by atoms with E-state index in [-0.39, 0.29) is 11.9 Å². The van der Waals surface area contributed by atoms with Crippen LogP contribution < -0.4 is 10.6 Å². The number of aryl methyl sites for hydroxylation is 1. The zero-order valence-corrected chi connectivity index (χ0v) is 12.3. The summed E-state index contributed by atoms with van der Waals surface area (Å²) in [6.07, 6.45) is 7.99. The van der Waals surface area contributed by atoms with Crippen LogP contribution >= 0.6 is 0 Å². The van der Waals surface area contributed by atoms with E-state index in [0.717, 1.165) is 12.1 Å². The Morgan fingerprint density at radius 1 is 1.20 bits per heavy atom. The molecule has 1 heterocycles. The van der Waals surface area contributed by atoms with Gasteiger partial charge in [-0.3, -0.25) is 4.79 Å². The average Bonchev–Trinajstić information content (AvgIpc) is 2.51. The number of rotatable bonds is 2. The van der Waals surface area contributed by atoms with Gasteiger partial charge in [0.25, 0.3) is 0 Å². The van der Waals surface area contributed by atoms with Gasteiger partial charge in [-0.25, -0.2) is 0 Å². The van der Waals surface area contributed by atoms with Gasteiger partial charge in [0, 0.05) is 25.2 Å². The molecule has 1 aromatic carbocycles. The Hall–Kier alpha value is -1.35. The van der Waals surface area contributed by atoms with E-state index in [0.29, 0.717) is 12.3 Å². The number of anilines is 1.